The molecule has 0 aromatic heterocycles. The van der Waals surface area contributed by atoms with Crippen LogP contribution in [0, 0.1) is 0 Å². The molecule has 0 heterocycles. The van der Waals surface area contributed by atoms with Crippen molar-refractivity contribution >= 4 is 42.3 Å². The normalized spacial score (nSPS) is 13.4. The van der Waals surface area contributed by atoms with Crippen LogP contribution in [0.4, 0.5) is 0 Å². The summed E-state index contributed by atoms with van der Waals surface area (Å²) in [6, 6.07) is -2.92. The summed E-state index contributed by atoms with van der Waals surface area (Å²) in [6.45, 7) is 0.119. The van der Waals surface area contributed by atoms with Gasteiger partial charge in [0, 0.05) is 12.3 Å². The summed E-state index contributed by atoms with van der Waals surface area (Å²) in [5, 5.41) is 15.9. The van der Waals surface area contributed by atoms with E-state index in [0.29, 0.717) is 25.8 Å². The largest absolute Gasteiger partial charge is 0.480 e. The van der Waals surface area contributed by atoms with Crippen molar-refractivity contribution in [3.63, 3.8) is 0 Å². The minimum absolute atomic E-state index is 0.0789. The van der Waals surface area contributed by atoms with Gasteiger partial charge in [0.15, 0.2) is 5.96 Å². The lowest BCUT2D eigenvalue weighted by atomic mass is 10.1. The molecule has 0 spiro atoms. The summed E-state index contributed by atoms with van der Waals surface area (Å²) in [6.07, 6.45) is 2.34. The number of hydrogen-bond donors (Lipinski definition) is 9. The van der Waals surface area contributed by atoms with Gasteiger partial charge in [-0.25, -0.2) is 0 Å². The Labute approximate surface area is 186 Å². The maximum Gasteiger partial charge on any atom is 0.322 e. The number of carbonyl (C=O) groups is 4. The molecule has 0 radical (unpaired) electrons. The number of hydrogen-bond acceptors (Lipinski definition) is 8. The van der Waals surface area contributed by atoms with Crippen LogP contribution in [0.3, 0.4) is 0 Å². The summed E-state index contributed by atoms with van der Waals surface area (Å²) in [5.74, 6) is -3.28. The van der Waals surface area contributed by atoms with Crippen molar-refractivity contribution in [3.05, 3.63) is 0 Å². The van der Waals surface area contributed by atoms with Gasteiger partial charge < -0.3 is 44.0 Å². The van der Waals surface area contributed by atoms with Crippen LogP contribution in [0.1, 0.15) is 32.1 Å². The Morgan fingerprint density at radius 2 is 1.58 bits per heavy atom. The third kappa shape index (κ3) is 13.4. The van der Waals surface area contributed by atoms with Crippen LogP contribution in [-0.4, -0.2) is 78.3 Å². The fraction of sp³-hybridized carbons (Fsp3) is 0.706. The van der Waals surface area contributed by atoms with Crippen LogP contribution in [0.25, 0.3) is 0 Å². The summed E-state index contributed by atoms with van der Waals surface area (Å²) in [4.78, 5) is 51.6. The SMILES string of the molecule is NCCCCC(N)C(=O)NC(CCCN=C(N)N)C(=O)NC(CS)C(=O)NCC(=O)O. The van der Waals surface area contributed by atoms with Gasteiger partial charge in [-0.2, -0.15) is 12.6 Å². The molecule has 0 fully saturated rings. The molecule has 0 rings (SSSR count). The van der Waals surface area contributed by atoms with E-state index < -0.39 is 48.4 Å². The van der Waals surface area contributed by atoms with E-state index in [2.05, 4.69) is 33.6 Å². The molecular weight excluding hydrogens is 428 g/mol. The van der Waals surface area contributed by atoms with Crippen molar-refractivity contribution in [1.29, 1.82) is 0 Å². The van der Waals surface area contributed by atoms with Gasteiger partial charge in [0.1, 0.15) is 18.6 Å². The van der Waals surface area contributed by atoms with Crippen LogP contribution >= 0.6 is 12.6 Å². The molecule has 12 N–H and O–H groups in total. The molecule has 3 atom stereocenters. The number of rotatable bonds is 16. The third-order valence-electron chi connectivity index (χ3n) is 4.11. The van der Waals surface area contributed by atoms with Gasteiger partial charge in [0.05, 0.1) is 6.04 Å². The molecule has 0 saturated carbocycles. The smallest absolute Gasteiger partial charge is 0.322 e. The third-order valence-corrected chi connectivity index (χ3v) is 4.48. The van der Waals surface area contributed by atoms with E-state index in [1.165, 1.54) is 0 Å². The van der Waals surface area contributed by atoms with Crippen molar-refractivity contribution < 1.29 is 24.3 Å². The minimum atomic E-state index is -1.23. The first-order chi connectivity index (χ1) is 14.6. The zero-order valence-electron chi connectivity index (χ0n) is 17.4. The number of amides is 3. The maximum absolute atomic E-state index is 12.7. The fourth-order valence-electron chi connectivity index (χ4n) is 2.44. The standard InChI is InChI=1S/C17H34N8O5S/c18-6-2-1-4-10(19)14(28)24-11(5-3-7-22-17(20)21)16(30)25-12(9-31)15(29)23-8-13(26)27/h10-12,31H,1-9,18-19H2,(H,23,29)(H,24,28)(H,25,30)(H,26,27)(H4,20,21,22). The lowest BCUT2D eigenvalue weighted by Gasteiger charge is -2.23. The van der Waals surface area contributed by atoms with Crippen LogP contribution in [0.2, 0.25) is 0 Å². The molecule has 0 aliphatic heterocycles. The van der Waals surface area contributed by atoms with E-state index in [-0.39, 0.29) is 24.7 Å². The lowest BCUT2D eigenvalue weighted by molar-refractivity contribution is -0.138. The van der Waals surface area contributed by atoms with Crippen molar-refractivity contribution in [2.45, 2.75) is 50.2 Å². The highest BCUT2D eigenvalue weighted by Crippen LogP contribution is 2.04. The molecule has 0 aromatic rings. The summed E-state index contributed by atoms with van der Waals surface area (Å²) >= 11 is 4.01. The zero-order chi connectivity index (χ0) is 23.8. The molecule has 14 heteroatoms. The van der Waals surface area contributed by atoms with Gasteiger partial charge in [-0.1, -0.05) is 6.42 Å². The highest BCUT2D eigenvalue weighted by molar-refractivity contribution is 7.80. The second-order valence-corrected chi connectivity index (χ2v) is 7.12. The maximum atomic E-state index is 12.7. The predicted octanol–water partition coefficient (Wildman–Crippen LogP) is -3.40. The van der Waals surface area contributed by atoms with E-state index in [4.69, 9.17) is 28.0 Å². The first-order valence-corrected chi connectivity index (χ1v) is 10.5. The molecule has 13 nitrogen and oxygen atoms in total. The first-order valence-electron chi connectivity index (χ1n) is 9.84. The fourth-order valence-corrected chi connectivity index (χ4v) is 2.70. The molecule has 31 heavy (non-hydrogen) atoms. The van der Waals surface area contributed by atoms with Gasteiger partial charge in [0.25, 0.3) is 0 Å². The van der Waals surface area contributed by atoms with Crippen LogP contribution in [-0.2, 0) is 19.2 Å². The summed E-state index contributed by atoms with van der Waals surface area (Å²) < 4.78 is 0. The second-order valence-electron chi connectivity index (χ2n) is 6.76. The highest BCUT2D eigenvalue weighted by atomic mass is 32.1. The highest BCUT2D eigenvalue weighted by Gasteiger charge is 2.27. The van der Waals surface area contributed by atoms with Crippen molar-refractivity contribution in [3.8, 4) is 0 Å². The number of nitrogens with zero attached hydrogens (tertiary/aromatic N) is 1. The molecule has 0 aliphatic carbocycles. The summed E-state index contributed by atoms with van der Waals surface area (Å²) in [5.41, 5.74) is 21.8. The zero-order valence-corrected chi connectivity index (χ0v) is 18.3. The van der Waals surface area contributed by atoms with Crippen LogP contribution < -0.4 is 38.9 Å². The van der Waals surface area contributed by atoms with Crippen molar-refractivity contribution in [2.24, 2.45) is 27.9 Å². The number of aliphatic carboxylic acids is 1. The number of aliphatic imine (C=N–C) groups is 1. The topological polar surface area (TPSA) is 241 Å². The van der Waals surface area contributed by atoms with Gasteiger partial charge in [-0.15, -0.1) is 0 Å². The summed E-state index contributed by atoms with van der Waals surface area (Å²) in [7, 11) is 0. The van der Waals surface area contributed by atoms with E-state index in [9.17, 15) is 19.2 Å². The number of guanidine groups is 1. The number of carboxylic acids is 1. The van der Waals surface area contributed by atoms with Crippen molar-refractivity contribution in [1.82, 2.24) is 16.0 Å². The Morgan fingerprint density at radius 3 is 2.13 bits per heavy atom. The second kappa shape index (κ2) is 16.2. The Bertz CT molecular complexity index is 630. The monoisotopic (exact) mass is 462 g/mol. The molecule has 3 unspecified atom stereocenters. The van der Waals surface area contributed by atoms with Gasteiger partial charge in [0.2, 0.25) is 17.7 Å². The molecule has 0 aromatic carbocycles. The van der Waals surface area contributed by atoms with E-state index in [1.54, 1.807) is 0 Å². The van der Waals surface area contributed by atoms with Crippen LogP contribution in [0.15, 0.2) is 4.99 Å². The first kappa shape index (κ1) is 28.4. The molecule has 0 saturated heterocycles. The average Bonchev–Trinajstić information content (AvgIpc) is 2.71. The number of nitrogens with one attached hydrogen (secondary N) is 3. The molecule has 3 amide bonds. The molecule has 0 bridgehead atoms. The minimum Gasteiger partial charge on any atom is -0.480 e. The number of carbonyl (C=O) groups excluding carboxylic acids is 3. The number of unbranched alkanes of at least 4 members (excludes halogenated alkanes) is 1. The Kier molecular flexibility index (Phi) is 14.8. The van der Waals surface area contributed by atoms with Crippen LogP contribution in [0.5, 0.6) is 0 Å². The van der Waals surface area contributed by atoms with E-state index in [1.807, 2.05) is 0 Å². The van der Waals surface area contributed by atoms with Gasteiger partial charge in [-0.05, 0) is 32.2 Å². The van der Waals surface area contributed by atoms with E-state index in [0.717, 1.165) is 6.42 Å². The number of thiol groups is 1. The Hall–Kier alpha value is -2.58. The number of carboxylic acid groups (broad SMARTS) is 1. The Balaban J connectivity index is 5.07. The molecular formula is C17H34N8O5S. The Morgan fingerprint density at radius 1 is 0.935 bits per heavy atom. The number of nitrogens with two attached hydrogens (primary N) is 4. The predicted molar refractivity (Wildman–Crippen MR) is 119 cm³/mol. The molecule has 0 aliphatic rings. The van der Waals surface area contributed by atoms with E-state index >= 15 is 0 Å². The molecule has 178 valence electrons. The van der Waals surface area contributed by atoms with Gasteiger partial charge in [-0.3, -0.25) is 24.2 Å². The average molecular weight is 463 g/mol. The lowest BCUT2D eigenvalue weighted by Crippen LogP contribution is -2.56. The quantitative estimate of drug-likeness (QED) is 0.0479. The van der Waals surface area contributed by atoms with Crippen molar-refractivity contribution in [2.75, 3.05) is 25.4 Å². The van der Waals surface area contributed by atoms with Gasteiger partial charge >= 0.3 is 5.97 Å².